The SMILES string of the molecule is CC(CNC(=O)C1CCC(N)C1)Cn1cccn1. The number of nitrogens with two attached hydrogens (primary N) is 1. The van der Waals surface area contributed by atoms with Gasteiger partial charge in [0.2, 0.25) is 5.91 Å². The van der Waals surface area contributed by atoms with Crippen LogP contribution in [0.15, 0.2) is 18.5 Å². The van der Waals surface area contributed by atoms with E-state index in [2.05, 4.69) is 17.3 Å². The summed E-state index contributed by atoms with van der Waals surface area (Å²) in [6, 6.07) is 2.12. The lowest BCUT2D eigenvalue weighted by Gasteiger charge is -2.15. The van der Waals surface area contributed by atoms with Crippen molar-refractivity contribution in [3.05, 3.63) is 18.5 Å². The average molecular weight is 250 g/mol. The Hall–Kier alpha value is -1.36. The van der Waals surface area contributed by atoms with E-state index in [1.807, 2.05) is 16.9 Å². The van der Waals surface area contributed by atoms with Gasteiger partial charge in [0.1, 0.15) is 0 Å². The van der Waals surface area contributed by atoms with Gasteiger partial charge in [-0.3, -0.25) is 9.48 Å². The Balaban J connectivity index is 1.69. The van der Waals surface area contributed by atoms with Gasteiger partial charge in [-0.15, -0.1) is 0 Å². The van der Waals surface area contributed by atoms with Gasteiger partial charge in [-0.25, -0.2) is 0 Å². The molecule has 0 saturated heterocycles. The quantitative estimate of drug-likeness (QED) is 0.810. The lowest BCUT2D eigenvalue weighted by atomic mass is 10.1. The molecule has 18 heavy (non-hydrogen) atoms. The normalized spacial score (nSPS) is 25.0. The summed E-state index contributed by atoms with van der Waals surface area (Å²) in [6.45, 7) is 3.64. The third kappa shape index (κ3) is 3.57. The van der Waals surface area contributed by atoms with Gasteiger partial charge >= 0.3 is 0 Å². The predicted octanol–water partition coefficient (Wildman–Crippen LogP) is 0.763. The summed E-state index contributed by atoms with van der Waals surface area (Å²) in [6.07, 6.45) is 6.44. The van der Waals surface area contributed by atoms with Crippen LogP contribution in [0.2, 0.25) is 0 Å². The first-order chi connectivity index (χ1) is 8.65. The number of hydrogen-bond donors (Lipinski definition) is 2. The van der Waals surface area contributed by atoms with E-state index in [9.17, 15) is 4.79 Å². The molecule has 1 aliphatic carbocycles. The Morgan fingerprint density at radius 2 is 2.44 bits per heavy atom. The molecule has 0 aromatic carbocycles. The van der Waals surface area contributed by atoms with E-state index in [1.165, 1.54) is 0 Å². The Kier molecular flexibility index (Phi) is 4.36. The molecular formula is C13H22N4O. The first kappa shape index (κ1) is 13.1. The molecule has 3 N–H and O–H groups in total. The zero-order valence-corrected chi connectivity index (χ0v) is 10.9. The van der Waals surface area contributed by atoms with Gasteiger partial charge in [0.15, 0.2) is 0 Å². The fourth-order valence-electron chi connectivity index (χ4n) is 2.47. The molecule has 100 valence electrons. The van der Waals surface area contributed by atoms with E-state index in [0.717, 1.165) is 25.8 Å². The average Bonchev–Trinajstić information content (AvgIpc) is 2.97. The van der Waals surface area contributed by atoms with Crippen molar-refractivity contribution in [3.8, 4) is 0 Å². The summed E-state index contributed by atoms with van der Waals surface area (Å²) in [5.41, 5.74) is 5.82. The van der Waals surface area contributed by atoms with Crippen molar-refractivity contribution in [2.45, 2.75) is 38.8 Å². The van der Waals surface area contributed by atoms with Gasteiger partial charge in [0.05, 0.1) is 0 Å². The van der Waals surface area contributed by atoms with E-state index in [1.54, 1.807) is 6.20 Å². The monoisotopic (exact) mass is 250 g/mol. The molecule has 1 amide bonds. The van der Waals surface area contributed by atoms with Crippen LogP contribution in [-0.4, -0.2) is 28.3 Å². The molecule has 0 bridgehead atoms. The lowest BCUT2D eigenvalue weighted by Crippen LogP contribution is -2.34. The molecule has 3 atom stereocenters. The summed E-state index contributed by atoms with van der Waals surface area (Å²) in [5, 5.41) is 7.18. The van der Waals surface area contributed by atoms with Crippen molar-refractivity contribution in [2.75, 3.05) is 6.54 Å². The number of rotatable bonds is 5. The molecule has 3 unspecified atom stereocenters. The molecule has 1 aromatic rings. The molecular weight excluding hydrogens is 228 g/mol. The van der Waals surface area contributed by atoms with Gasteiger partial charge < -0.3 is 11.1 Å². The first-order valence-corrected chi connectivity index (χ1v) is 6.66. The van der Waals surface area contributed by atoms with Crippen molar-refractivity contribution in [1.82, 2.24) is 15.1 Å². The van der Waals surface area contributed by atoms with Crippen LogP contribution in [0.25, 0.3) is 0 Å². The fourth-order valence-corrected chi connectivity index (χ4v) is 2.47. The van der Waals surface area contributed by atoms with Crippen LogP contribution in [0.1, 0.15) is 26.2 Å². The van der Waals surface area contributed by atoms with Crippen LogP contribution in [0.3, 0.4) is 0 Å². The van der Waals surface area contributed by atoms with E-state index in [0.29, 0.717) is 12.5 Å². The van der Waals surface area contributed by atoms with Crippen LogP contribution < -0.4 is 11.1 Å². The molecule has 1 fully saturated rings. The highest BCUT2D eigenvalue weighted by molar-refractivity contribution is 5.78. The zero-order valence-electron chi connectivity index (χ0n) is 10.9. The van der Waals surface area contributed by atoms with Crippen molar-refractivity contribution in [3.63, 3.8) is 0 Å². The zero-order chi connectivity index (χ0) is 13.0. The van der Waals surface area contributed by atoms with Crippen LogP contribution in [0.5, 0.6) is 0 Å². The third-order valence-corrected chi connectivity index (χ3v) is 3.53. The number of carbonyl (C=O) groups excluding carboxylic acids is 1. The van der Waals surface area contributed by atoms with E-state index in [4.69, 9.17) is 5.73 Å². The molecule has 1 aliphatic rings. The molecule has 2 rings (SSSR count). The number of hydrogen-bond acceptors (Lipinski definition) is 3. The van der Waals surface area contributed by atoms with Crippen LogP contribution in [-0.2, 0) is 11.3 Å². The maximum Gasteiger partial charge on any atom is 0.223 e. The van der Waals surface area contributed by atoms with Gasteiger partial charge in [-0.05, 0) is 31.2 Å². The van der Waals surface area contributed by atoms with Crippen LogP contribution >= 0.6 is 0 Å². The number of nitrogens with zero attached hydrogens (tertiary/aromatic N) is 2. The van der Waals surface area contributed by atoms with Crippen LogP contribution in [0.4, 0.5) is 0 Å². The molecule has 0 spiro atoms. The highest BCUT2D eigenvalue weighted by Crippen LogP contribution is 2.24. The van der Waals surface area contributed by atoms with Gasteiger partial charge in [0.25, 0.3) is 0 Å². The Morgan fingerprint density at radius 1 is 1.61 bits per heavy atom. The minimum Gasteiger partial charge on any atom is -0.356 e. The maximum absolute atomic E-state index is 11.9. The summed E-state index contributed by atoms with van der Waals surface area (Å²) in [7, 11) is 0. The minimum atomic E-state index is 0.122. The molecule has 1 heterocycles. The largest absolute Gasteiger partial charge is 0.356 e. The minimum absolute atomic E-state index is 0.122. The highest BCUT2D eigenvalue weighted by Gasteiger charge is 2.27. The Morgan fingerprint density at radius 3 is 3.06 bits per heavy atom. The van der Waals surface area contributed by atoms with Crippen molar-refractivity contribution < 1.29 is 4.79 Å². The molecule has 5 heteroatoms. The maximum atomic E-state index is 11.9. The fraction of sp³-hybridized carbons (Fsp3) is 0.692. The summed E-state index contributed by atoms with van der Waals surface area (Å²) >= 11 is 0. The number of amides is 1. The summed E-state index contributed by atoms with van der Waals surface area (Å²) in [5.74, 6) is 0.663. The first-order valence-electron chi connectivity index (χ1n) is 6.66. The Labute approximate surface area is 108 Å². The van der Waals surface area contributed by atoms with Crippen molar-refractivity contribution in [2.24, 2.45) is 17.6 Å². The Bertz CT molecular complexity index is 376. The number of aromatic nitrogens is 2. The van der Waals surface area contributed by atoms with E-state index < -0.39 is 0 Å². The molecule has 1 saturated carbocycles. The standard InChI is InChI=1S/C13H22N4O/c1-10(9-17-6-2-5-16-17)8-15-13(18)11-3-4-12(14)7-11/h2,5-6,10-12H,3-4,7-9,14H2,1H3,(H,15,18). The second-order valence-electron chi connectivity index (χ2n) is 5.35. The topological polar surface area (TPSA) is 72.9 Å². The third-order valence-electron chi connectivity index (χ3n) is 3.53. The second kappa shape index (κ2) is 6.00. The van der Waals surface area contributed by atoms with E-state index in [-0.39, 0.29) is 17.9 Å². The highest BCUT2D eigenvalue weighted by atomic mass is 16.1. The summed E-state index contributed by atoms with van der Waals surface area (Å²) < 4.78 is 1.89. The van der Waals surface area contributed by atoms with E-state index >= 15 is 0 Å². The van der Waals surface area contributed by atoms with Crippen LogP contribution in [0, 0.1) is 11.8 Å². The summed E-state index contributed by atoms with van der Waals surface area (Å²) in [4.78, 5) is 11.9. The lowest BCUT2D eigenvalue weighted by molar-refractivity contribution is -0.125. The predicted molar refractivity (Wildman–Crippen MR) is 69.7 cm³/mol. The van der Waals surface area contributed by atoms with Gasteiger partial charge in [-0.1, -0.05) is 6.92 Å². The number of carbonyl (C=O) groups is 1. The molecule has 1 aromatic heterocycles. The molecule has 5 nitrogen and oxygen atoms in total. The van der Waals surface area contributed by atoms with Crippen molar-refractivity contribution >= 4 is 5.91 Å². The molecule has 0 radical (unpaired) electrons. The van der Waals surface area contributed by atoms with Crippen molar-refractivity contribution in [1.29, 1.82) is 0 Å². The van der Waals surface area contributed by atoms with Gasteiger partial charge in [-0.2, -0.15) is 5.10 Å². The molecule has 0 aliphatic heterocycles. The number of nitrogens with one attached hydrogen (secondary N) is 1. The smallest absolute Gasteiger partial charge is 0.223 e. The van der Waals surface area contributed by atoms with Gasteiger partial charge in [0, 0.05) is 37.4 Å². The second-order valence-corrected chi connectivity index (χ2v) is 5.35.